The van der Waals surface area contributed by atoms with E-state index in [1.165, 1.54) is 10.4 Å². The molecule has 0 saturated carbocycles. The number of carbonyl (C=O) groups excluding carboxylic acids is 1. The number of aromatic nitrogens is 1. The number of rotatable bonds is 7. The molecule has 0 N–H and O–H groups in total. The van der Waals surface area contributed by atoms with Crippen LogP contribution in [0.15, 0.2) is 34.7 Å². The van der Waals surface area contributed by atoms with Gasteiger partial charge in [-0.2, -0.15) is 4.31 Å². The lowest BCUT2D eigenvalue weighted by molar-refractivity contribution is 0.0502. The summed E-state index contributed by atoms with van der Waals surface area (Å²) in [6.45, 7) is 2.83. The molecular weight excluding hydrogens is 422 g/mol. The molecule has 7 nitrogen and oxygen atoms in total. The third-order valence-corrected chi connectivity index (χ3v) is 8.54. The van der Waals surface area contributed by atoms with Crippen molar-refractivity contribution in [2.75, 3.05) is 26.2 Å². The van der Waals surface area contributed by atoms with Crippen molar-refractivity contribution in [3.05, 3.63) is 40.3 Å². The van der Waals surface area contributed by atoms with E-state index in [0.29, 0.717) is 31.9 Å². The molecule has 2 fully saturated rings. The lowest BCUT2D eigenvalue weighted by Crippen LogP contribution is -2.37. The van der Waals surface area contributed by atoms with Crippen LogP contribution in [0, 0.1) is 0 Å². The molecule has 0 aromatic carbocycles. The van der Waals surface area contributed by atoms with E-state index in [4.69, 9.17) is 4.74 Å². The first kappa shape index (κ1) is 21.5. The molecule has 0 aliphatic carbocycles. The summed E-state index contributed by atoms with van der Waals surface area (Å²) in [5, 5.41) is 2.00. The van der Waals surface area contributed by atoms with Crippen molar-refractivity contribution in [3.63, 3.8) is 0 Å². The van der Waals surface area contributed by atoms with Crippen molar-refractivity contribution < 1.29 is 17.9 Å². The summed E-state index contributed by atoms with van der Waals surface area (Å²) >= 11 is 1.61. The Bertz CT molecular complexity index is 957. The van der Waals surface area contributed by atoms with Gasteiger partial charge in [0.2, 0.25) is 10.0 Å². The number of hydrogen-bond acceptors (Lipinski definition) is 5. The average molecular weight is 452 g/mol. The van der Waals surface area contributed by atoms with Gasteiger partial charge in [-0.1, -0.05) is 12.5 Å². The van der Waals surface area contributed by atoms with E-state index in [2.05, 4.69) is 0 Å². The lowest BCUT2D eigenvalue weighted by atomic mass is 10.2. The van der Waals surface area contributed by atoms with Crippen molar-refractivity contribution in [1.29, 1.82) is 0 Å². The molecule has 1 atom stereocenters. The van der Waals surface area contributed by atoms with E-state index < -0.39 is 10.0 Å². The Morgan fingerprint density at radius 1 is 1.27 bits per heavy atom. The van der Waals surface area contributed by atoms with Gasteiger partial charge in [-0.15, -0.1) is 11.3 Å². The molecule has 0 bridgehead atoms. The summed E-state index contributed by atoms with van der Waals surface area (Å²) in [7, 11) is -1.84. The van der Waals surface area contributed by atoms with Gasteiger partial charge >= 0.3 is 0 Å². The van der Waals surface area contributed by atoms with Crippen LogP contribution in [0.1, 0.15) is 47.5 Å². The SMILES string of the molecule is Cn1cc(S(=O)(=O)N2CCCCC2)cc1C(=O)N(Cc1cccs1)CC1CCCO1. The molecule has 2 aliphatic rings. The lowest BCUT2D eigenvalue weighted by Gasteiger charge is -2.25. The van der Waals surface area contributed by atoms with Gasteiger partial charge in [0.15, 0.2) is 0 Å². The van der Waals surface area contributed by atoms with E-state index in [1.807, 2.05) is 17.5 Å². The van der Waals surface area contributed by atoms with Gasteiger partial charge in [-0.3, -0.25) is 4.79 Å². The Kier molecular flexibility index (Phi) is 6.62. The van der Waals surface area contributed by atoms with Crippen LogP contribution in [-0.2, 0) is 28.4 Å². The molecule has 1 unspecified atom stereocenters. The number of carbonyl (C=O) groups is 1. The second kappa shape index (κ2) is 9.21. The maximum absolute atomic E-state index is 13.4. The molecule has 4 rings (SSSR count). The van der Waals surface area contributed by atoms with Crippen molar-refractivity contribution >= 4 is 27.3 Å². The second-order valence-electron chi connectivity index (χ2n) is 8.04. The highest BCUT2D eigenvalue weighted by atomic mass is 32.2. The molecule has 2 aliphatic heterocycles. The van der Waals surface area contributed by atoms with Gasteiger partial charge in [0.25, 0.3) is 5.91 Å². The Labute approximate surface area is 182 Å². The number of sulfonamides is 1. The maximum atomic E-state index is 13.4. The zero-order chi connectivity index (χ0) is 21.1. The zero-order valence-electron chi connectivity index (χ0n) is 17.3. The van der Waals surface area contributed by atoms with Gasteiger partial charge in [-0.05, 0) is 43.2 Å². The normalized spacial score (nSPS) is 20.5. The summed E-state index contributed by atoms with van der Waals surface area (Å²) in [4.78, 5) is 16.5. The Hall–Kier alpha value is -1.68. The van der Waals surface area contributed by atoms with Crippen LogP contribution in [-0.4, -0.2) is 60.4 Å². The van der Waals surface area contributed by atoms with Crippen LogP contribution in [0.4, 0.5) is 0 Å². The second-order valence-corrected chi connectivity index (χ2v) is 11.0. The molecule has 0 radical (unpaired) electrons. The largest absolute Gasteiger partial charge is 0.376 e. The number of thiophene rings is 1. The van der Waals surface area contributed by atoms with Crippen LogP contribution < -0.4 is 0 Å². The van der Waals surface area contributed by atoms with Gasteiger partial charge < -0.3 is 14.2 Å². The minimum absolute atomic E-state index is 0.0331. The van der Waals surface area contributed by atoms with Crippen LogP contribution in [0.25, 0.3) is 0 Å². The Morgan fingerprint density at radius 3 is 2.73 bits per heavy atom. The molecule has 0 spiro atoms. The minimum Gasteiger partial charge on any atom is -0.376 e. The molecule has 164 valence electrons. The number of amides is 1. The maximum Gasteiger partial charge on any atom is 0.270 e. The van der Waals surface area contributed by atoms with E-state index in [1.54, 1.807) is 34.0 Å². The van der Waals surface area contributed by atoms with E-state index in [0.717, 1.165) is 43.6 Å². The van der Waals surface area contributed by atoms with Gasteiger partial charge in [0.05, 0.1) is 12.6 Å². The van der Waals surface area contributed by atoms with E-state index >= 15 is 0 Å². The first-order chi connectivity index (χ1) is 14.4. The predicted octanol–water partition coefficient (Wildman–Crippen LogP) is 3.08. The topological polar surface area (TPSA) is 71.9 Å². The highest BCUT2D eigenvalue weighted by Crippen LogP contribution is 2.24. The highest BCUT2D eigenvalue weighted by Gasteiger charge is 2.30. The van der Waals surface area contributed by atoms with Crippen LogP contribution in [0.3, 0.4) is 0 Å². The van der Waals surface area contributed by atoms with Gasteiger partial charge in [-0.25, -0.2) is 8.42 Å². The number of ether oxygens (including phenoxy) is 1. The van der Waals surface area contributed by atoms with Crippen molar-refractivity contribution in [2.45, 2.75) is 49.6 Å². The fourth-order valence-electron chi connectivity index (χ4n) is 4.15. The highest BCUT2D eigenvalue weighted by molar-refractivity contribution is 7.89. The number of nitrogens with zero attached hydrogens (tertiary/aromatic N) is 3. The molecule has 2 aromatic heterocycles. The van der Waals surface area contributed by atoms with Gasteiger partial charge in [0.1, 0.15) is 10.6 Å². The third-order valence-electron chi connectivity index (χ3n) is 5.81. The molecular formula is C21H29N3O4S2. The average Bonchev–Trinajstić information content (AvgIpc) is 3.50. The number of hydrogen-bond donors (Lipinski definition) is 0. The monoisotopic (exact) mass is 451 g/mol. The van der Waals surface area contributed by atoms with Crippen LogP contribution >= 0.6 is 11.3 Å². The number of piperidine rings is 1. The van der Waals surface area contributed by atoms with Crippen molar-refractivity contribution in [3.8, 4) is 0 Å². The first-order valence-electron chi connectivity index (χ1n) is 10.5. The van der Waals surface area contributed by atoms with Crippen LogP contribution in [0.2, 0.25) is 0 Å². The van der Waals surface area contributed by atoms with Crippen LogP contribution in [0.5, 0.6) is 0 Å². The van der Waals surface area contributed by atoms with E-state index in [9.17, 15) is 13.2 Å². The third kappa shape index (κ3) is 4.64. The summed E-state index contributed by atoms with van der Waals surface area (Å²) < 4.78 is 35.0. The standard InChI is InChI=1S/C21H29N3O4S2/c1-22-16-19(30(26,27)24-9-3-2-4-10-24)13-20(22)21(25)23(14-17-7-5-11-28-17)15-18-8-6-12-29-18/h6,8,12-13,16-17H,2-5,7,9-11,14-15H2,1H3. The van der Waals surface area contributed by atoms with E-state index in [-0.39, 0.29) is 16.9 Å². The fraction of sp³-hybridized carbons (Fsp3) is 0.571. The fourth-order valence-corrected chi connectivity index (χ4v) is 6.46. The first-order valence-corrected chi connectivity index (χ1v) is 12.9. The molecule has 9 heteroatoms. The van der Waals surface area contributed by atoms with Gasteiger partial charge in [0, 0.05) is 44.4 Å². The summed E-state index contributed by atoms with van der Waals surface area (Å²) in [5.74, 6) is -0.165. The number of aryl methyl sites for hydroxylation is 1. The molecule has 4 heterocycles. The van der Waals surface area contributed by atoms with Crippen molar-refractivity contribution in [1.82, 2.24) is 13.8 Å². The molecule has 1 amide bonds. The van der Waals surface area contributed by atoms with Crippen molar-refractivity contribution in [2.24, 2.45) is 7.05 Å². The smallest absolute Gasteiger partial charge is 0.270 e. The predicted molar refractivity (Wildman–Crippen MR) is 116 cm³/mol. The zero-order valence-corrected chi connectivity index (χ0v) is 19.0. The summed E-state index contributed by atoms with van der Waals surface area (Å²) in [6, 6.07) is 5.52. The Morgan fingerprint density at radius 2 is 2.07 bits per heavy atom. The summed E-state index contributed by atoms with van der Waals surface area (Å²) in [6.07, 6.45) is 6.37. The molecule has 30 heavy (non-hydrogen) atoms. The summed E-state index contributed by atoms with van der Waals surface area (Å²) in [5.41, 5.74) is 0.389. The quantitative estimate of drug-likeness (QED) is 0.649. The minimum atomic E-state index is -3.58. The molecule has 2 saturated heterocycles. The Balaban J connectivity index is 1.57. The molecule has 2 aromatic rings.